The van der Waals surface area contributed by atoms with Gasteiger partial charge in [0, 0.05) is 13.0 Å². The molecule has 0 spiro atoms. The van der Waals surface area contributed by atoms with E-state index in [2.05, 4.69) is 0 Å². The quantitative estimate of drug-likeness (QED) is 0.503. The molecule has 3 heterocycles. The van der Waals surface area contributed by atoms with Crippen molar-refractivity contribution in [1.82, 2.24) is 0 Å². The van der Waals surface area contributed by atoms with Crippen LogP contribution in [0.25, 0.3) is 0 Å². The van der Waals surface area contributed by atoms with Crippen LogP contribution in [0.15, 0.2) is 30.3 Å². The maximum Gasteiger partial charge on any atom is 0.306 e. The van der Waals surface area contributed by atoms with Gasteiger partial charge in [-0.1, -0.05) is 30.3 Å². The molecule has 0 saturated carbocycles. The largest absolute Gasteiger partial charge is 0.460 e. The molecule has 6 atom stereocenters. The summed E-state index contributed by atoms with van der Waals surface area (Å²) < 4.78 is 23.3. The van der Waals surface area contributed by atoms with E-state index in [1.807, 2.05) is 30.3 Å². The van der Waals surface area contributed by atoms with Crippen molar-refractivity contribution in [2.45, 2.75) is 94.6 Å². The lowest BCUT2D eigenvalue weighted by Crippen LogP contribution is -2.33. The highest BCUT2D eigenvalue weighted by Crippen LogP contribution is 2.36. The maximum atomic E-state index is 11.3. The summed E-state index contributed by atoms with van der Waals surface area (Å²) in [6, 6.07) is 10.1. The second kappa shape index (κ2) is 10.0. The van der Waals surface area contributed by atoms with Crippen LogP contribution >= 0.6 is 0 Å². The molecule has 4 rings (SSSR count). The zero-order valence-electron chi connectivity index (χ0n) is 16.9. The van der Waals surface area contributed by atoms with Crippen LogP contribution in [0.2, 0.25) is 0 Å². The van der Waals surface area contributed by atoms with E-state index in [0.29, 0.717) is 26.1 Å². The highest BCUT2D eigenvalue weighted by molar-refractivity contribution is 5.71. The summed E-state index contributed by atoms with van der Waals surface area (Å²) >= 11 is 0. The molecule has 6 heteroatoms. The Hall–Kier alpha value is -1.47. The fraction of sp³-hybridized carbons (Fsp3) is 0.696. The molecule has 0 aromatic heterocycles. The number of ether oxygens (including phenoxy) is 4. The van der Waals surface area contributed by atoms with E-state index < -0.39 is 6.10 Å². The van der Waals surface area contributed by atoms with Crippen molar-refractivity contribution in [2.24, 2.45) is 0 Å². The van der Waals surface area contributed by atoms with Gasteiger partial charge < -0.3 is 24.1 Å². The molecule has 29 heavy (non-hydrogen) atoms. The van der Waals surface area contributed by atoms with Crippen LogP contribution in [-0.4, -0.2) is 54.3 Å². The lowest BCUT2D eigenvalue weighted by Gasteiger charge is -2.24. The van der Waals surface area contributed by atoms with Crippen molar-refractivity contribution in [2.75, 3.05) is 6.61 Å². The van der Waals surface area contributed by atoms with Gasteiger partial charge in [-0.3, -0.25) is 4.79 Å². The van der Waals surface area contributed by atoms with Gasteiger partial charge in [0.25, 0.3) is 0 Å². The van der Waals surface area contributed by atoms with Crippen molar-refractivity contribution >= 4 is 5.97 Å². The summed E-state index contributed by atoms with van der Waals surface area (Å²) in [4.78, 5) is 11.3. The summed E-state index contributed by atoms with van der Waals surface area (Å²) in [6.07, 6.45) is 5.76. The summed E-state index contributed by atoms with van der Waals surface area (Å²) in [5.41, 5.74) is 1.16. The predicted molar refractivity (Wildman–Crippen MR) is 106 cm³/mol. The van der Waals surface area contributed by atoms with E-state index in [9.17, 15) is 9.90 Å². The third kappa shape index (κ3) is 5.57. The standard InChI is InChI=1S/C23H32O6/c24-17(7-4-14-26-15-16-5-2-1-3-6-16)18-8-9-19(27-18)20-10-11-21(28-20)22-12-13-23(25)29-22/h1-3,5-6,17-22,24H,4,7-15H2/t17-,18+,19-,20-,21+,22-/m1/s1. The van der Waals surface area contributed by atoms with Crippen LogP contribution in [0.5, 0.6) is 0 Å². The summed E-state index contributed by atoms with van der Waals surface area (Å²) in [6.45, 7) is 1.24. The zero-order valence-corrected chi connectivity index (χ0v) is 16.9. The molecular formula is C23H32O6. The van der Waals surface area contributed by atoms with E-state index in [0.717, 1.165) is 44.1 Å². The molecule has 0 bridgehead atoms. The van der Waals surface area contributed by atoms with Crippen LogP contribution in [0.1, 0.15) is 56.9 Å². The van der Waals surface area contributed by atoms with Crippen molar-refractivity contribution in [3.8, 4) is 0 Å². The normalized spacial score (nSPS) is 33.1. The SMILES string of the molecule is O=C1CC[C@H]([C@@H]2CC[C@H]([C@H]3CC[C@@H]([C@H](O)CCCOCc4ccccc4)O3)O2)O1. The van der Waals surface area contributed by atoms with Gasteiger partial charge in [-0.05, 0) is 50.5 Å². The Kier molecular flexibility index (Phi) is 7.19. The minimum absolute atomic E-state index is 0.000729. The highest BCUT2D eigenvalue weighted by atomic mass is 16.6. The van der Waals surface area contributed by atoms with Gasteiger partial charge in [-0.2, -0.15) is 0 Å². The van der Waals surface area contributed by atoms with Crippen molar-refractivity contribution < 1.29 is 28.8 Å². The Morgan fingerprint density at radius 1 is 0.966 bits per heavy atom. The molecule has 6 nitrogen and oxygen atoms in total. The molecule has 160 valence electrons. The van der Waals surface area contributed by atoms with Crippen molar-refractivity contribution in [1.29, 1.82) is 0 Å². The molecular weight excluding hydrogens is 372 g/mol. The van der Waals surface area contributed by atoms with Crippen LogP contribution < -0.4 is 0 Å². The summed E-state index contributed by atoms with van der Waals surface area (Å²) in [5, 5.41) is 10.5. The maximum absolute atomic E-state index is 11.3. The second-order valence-corrected chi connectivity index (χ2v) is 8.40. The lowest BCUT2D eigenvalue weighted by atomic mass is 10.0. The molecule has 3 aliphatic heterocycles. The first-order chi connectivity index (χ1) is 14.2. The molecule has 1 aromatic rings. The topological polar surface area (TPSA) is 74.2 Å². The van der Waals surface area contributed by atoms with Gasteiger partial charge in [-0.15, -0.1) is 0 Å². The van der Waals surface area contributed by atoms with Gasteiger partial charge in [0.15, 0.2) is 0 Å². The van der Waals surface area contributed by atoms with E-state index in [4.69, 9.17) is 18.9 Å². The van der Waals surface area contributed by atoms with Crippen molar-refractivity contribution in [3.05, 3.63) is 35.9 Å². The molecule has 3 fully saturated rings. The first-order valence-corrected chi connectivity index (χ1v) is 11.0. The molecule has 3 saturated heterocycles. The number of rotatable bonds is 9. The smallest absolute Gasteiger partial charge is 0.306 e. The number of esters is 1. The number of hydrogen-bond acceptors (Lipinski definition) is 6. The first-order valence-electron chi connectivity index (χ1n) is 11.0. The van der Waals surface area contributed by atoms with E-state index >= 15 is 0 Å². The van der Waals surface area contributed by atoms with E-state index in [-0.39, 0.29) is 36.5 Å². The third-order valence-electron chi connectivity index (χ3n) is 6.24. The second-order valence-electron chi connectivity index (χ2n) is 8.40. The van der Waals surface area contributed by atoms with Crippen LogP contribution in [0.3, 0.4) is 0 Å². The van der Waals surface area contributed by atoms with Gasteiger partial charge in [0.2, 0.25) is 0 Å². The molecule has 3 aliphatic rings. The Morgan fingerprint density at radius 3 is 2.45 bits per heavy atom. The molecule has 0 amide bonds. The Bertz CT molecular complexity index is 650. The van der Waals surface area contributed by atoms with Crippen LogP contribution in [-0.2, 0) is 30.3 Å². The van der Waals surface area contributed by atoms with Gasteiger partial charge in [0.05, 0.1) is 37.1 Å². The lowest BCUT2D eigenvalue weighted by molar-refractivity contribution is -0.149. The highest BCUT2D eigenvalue weighted by Gasteiger charge is 2.43. The number of hydrogen-bond donors (Lipinski definition) is 1. The number of carbonyl (C=O) groups is 1. The van der Waals surface area contributed by atoms with Crippen LogP contribution in [0.4, 0.5) is 0 Å². The third-order valence-corrected chi connectivity index (χ3v) is 6.24. The monoisotopic (exact) mass is 404 g/mol. The van der Waals surface area contributed by atoms with Crippen LogP contribution in [0, 0.1) is 0 Å². The number of aliphatic hydroxyl groups is 1. The zero-order chi connectivity index (χ0) is 20.1. The van der Waals surface area contributed by atoms with E-state index in [1.54, 1.807) is 0 Å². The fourth-order valence-electron chi connectivity index (χ4n) is 4.64. The average molecular weight is 405 g/mol. The fourth-order valence-corrected chi connectivity index (χ4v) is 4.64. The van der Waals surface area contributed by atoms with Gasteiger partial charge >= 0.3 is 5.97 Å². The first kappa shape index (κ1) is 20.8. The van der Waals surface area contributed by atoms with Crippen molar-refractivity contribution in [3.63, 3.8) is 0 Å². The Labute approximate surface area is 172 Å². The minimum atomic E-state index is -0.465. The summed E-state index contributed by atoms with van der Waals surface area (Å²) in [5.74, 6) is -0.116. The number of aliphatic hydroxyl groups excluding tert-OH is 1. The average Bonchev–Trinajstić information content (AvgIpc) is 3.48. The predicted octanol–water partition coefficient (Wildman–Crippen LogP) is 3.15. The summed E-state index contributed by atoms with van der Waals surface area (Å²) in [7, 11) is 0. The van der Waals surface area contributed by atoms with Gasteiger partial charge in [0.1, 0.15) is 6.10 Å². The number of carbonyl (C=O) groups excluding carboxylic acids is 1. The molecule has 1 aromatic carbocycles. The Balaban J connectivity index is 1.12. The Morgan fingerprint density at radius 2 is 1.69 bits per heavy atom. The number of cyclic esters (lactones) is 1. The molecule has 0 aliphatic carbocycles. The molecule has 0 radical (unpaired) electrons. The molecule has 0 unspecified atom stereocenters. The molecule has 1 N–H and O–H groups in total. The van der Waals surface area contributed by atoms with E-state index in [1.165, 1.54) is 0 Å². The number of benzene rings is 1. The van der Waals surface area contributed by atoms with Gasteiger partial charge in [-0.25, -0.2) is 0 Å². The minimum Gasteiger partial charge on any atom is -0.460 e.